The Labute approximate surface area is 158 Å². The van der Waals surface area contributed by atoms with Crippen molar-refractivity contribution >= 4 is 5.87 Å². The Hall–Kier alpha value is -3.23. The van der Waals surface area contributed by atoms with Crippen molar-refractivity contribution in [1.29, 1.82) is 0 Å². The Balaban J connectivity index is 1.94. The predicted octanol–water partition coefficient (Wildman–Crippen LogP) is 3.11. The summed E-state index contributed by atoms with van der Waals surface area (Å²) >= 11 is 0. The minimum absolute atomic E-state index is 0.0546. The van der Waals surface area contributed by atoms with Gasteiger partial charge in [0.05, 0.1) is 11.6 Å². The SMILES string of the molecule is C=C=[N+]1CCc2c(nc(C)n(C(c3ccccc3)c3ccccc3)c2=O)C1. The maximum atomic E-state index is 13.5. The molecule has 0 saturated heterocycles. The van der Waals surface area contributed by atoms with Crippen LogP contribution in [-0.2, 0) is 13.0 Å². The van der Waals surface area contributed by atoms with Gasteiger partial charge in [-0.25, -0.2) is 4.98 Å². The van der Waals surface area contributed by atoms with Crippen LogP contribution in [0.3, 0.4) is 0 Å². The largest absolute Gasteiger partial charge is 0.285 e. The minimum Gasteiger partial charge on any atom is -0.285 e. The van der Waals surface area contributed by atoms with Crippen LogP contribution in [0.15, 0.2) is 72.0 Å². The molecule has 0 saturated carbocycles. The van der Waals surface area contributed by atoms with Crippen molar-refractivity contribution in [1.82, 2.24) is 9.55 Å². The molecule has 2 aromatic carbocycles. The van der Waals surface area contributed by atoms with Crippen molar-refractivity contribution in [3.05, 3.63) is 106 Å². The molecule has 0 aliphatic carbocycles. The first-order valence-electron chi connectivity index (χ1n) is 9.17. The molecule has 0 atom stereocenters. The van der Waals surface area contributed by atoms with Gasteiger partial charge in [0, 0.05) is 13.0 Å². The molecule has 0 bridgehead atoms. The predicted molar refractivity (Wildman–Crippen MR) is 107 cm³/mol. The van der Waals surface area contributed by atoms with Crippen LogP contribution in [-0.4, -0.2) is 26.5 Å². The van der Waals surface area contributed by atoms with E-state index in [2.05, 4.69) is 36.7 Å². The van der Waals surface area contributed by atoms with E-state index in [0.29, 0.717) is 13.0 Å². The van der Waals surface area contributed by atoms with Gasteiger partial charge in [-0.1, -0.05) is 60.7 Å². The third kappa shape index (κ3) is 3.16. The zero-order chi connectivity index (χ0) is 18.8. The van der Waals surface area contributed by atoms with Crippen LogP contribution in [0.25, 0.3) is 0 Å². The van der Waals surface area contributed by atoms with Crippen LogP contribution in [0.4, 0.5) is 0 Å². The lowest BCUT2D eigenvalue weighted by Crippen LogP contribution is -2.37. The molecule has 4 rings (SSSR count). The third-order valence-electron chi connectivity index (χ3n) is 5.16. The van der Waals surface area contributed by atoms with E-state index in [1.165, 1.54) is 0 Å². The van der Waals surface area contributed by atoms with Crippen LogP contribution in [0, 0.1) is 6.92 Å². The summed E-state index contributed by atoms with van der Waals surface area (Å²) in [5, 5.41) is 0. The minimum atomic E-state index is -0.193. The summed E-state index contributed by atoms with van der Waals surface area (Å²) in [4.78, 5) is 18.3. The van der Waals surface area contributed by atoms with E-state index in [4.69, 9.17) is 4.98 Å². The van der Waals surface area contributed by atoms with Crippen molar-refractivity contribution in [2.45, 2.75) is 25.9 Å². The van der Waals surface area contributed by atoms with Gasteiger partial charge in [0.2, 0.25) is 0 Å². The Morgan fingerprint density at radius 1 is 1.07 bits per heavy atom. The van der Waals surface area contributed by atoms with Gasteiger partial charge in [-0.15, -0.1) is 0 Å². The van der Waals surface area contributed by atoms with Crippen LogP contribution >= 0.6 is 0 Å². The summed E-state index contributed by atoms with van der Waals surface area (Å²) in [5.41, 5.74) is 3.86. The first-order chi connectivity index (χ1) is 13.2. The molecule has 0 unspecified atom stereocenters. The Morgan fingerprint density at radius 3 is 2.22 bits per heavy atom. The lowest BCUT2D eigenvalue weighted by molar-refractivity contribution is -0.541. The quantitative estimate of drug-likeness (QED) is 0.676. The highest BCUT2D eigenvalue weighted by atomic mass is 16.1. The topological polar surface area (TPSA) is 37.9 Å². The van der Waals surface area contributed by atoms with Gasteiger partial charge in [-0.05, 0) is 18.1 Å². The van der Waals surface area contributed by atoms with Crippen LogP contribution in [0.2, 0.25) is 0 Å². The molecular weight excluding hydrogens is 334 g/mol. The number of aryl methyl sites for hydroxylation is 1. The van der Waals surface area contributed by atoms with E-state index in [1.807, 2.05) is 52.5 Å². The molecule has 134 valence electrons. The summed E-state index contributed by atoms with van der Waals surface area (Å²) in [6, 6.07) is 20.1. The van der Waals surface area contributed by atoms with E-state index in [9.17, 15) is 4.79 Å². The van der Waals surface area contributed by atoms with Crippen molar-refractivity contribution < 1.29 is 4.58 Å². The average molecular weight is 356 g/mol. The lowest BCUT2D eigenvalue weighted by atomic mass is 9.97. The fourth-order valence-electron chi connectivity index (χ4n) is 3.82. The number of nitrogens with zero attached hydrogens (tertiary/aromatic N) is 3. The standard InChI is InChI=1S/C23H22N3O/c1-3-25-15-14-20-21(16-25)24-17(2)26(23(20)27)22(18-10-6-4-7-11-18)19-12-8-5-9-13-19/h4-13,22H,1,14-16H2,2H3/q+1. The molecule has 0 radical (unpaired) electrons. The van der Waals surface area contributed by atoms with E-state index in [0.717, 1.165) is 34.8 Å². The number of rotatable bonds is 3. The Bertz CT molecular complexity index is 1040. The molecule has 0 spiro atoms. The zero-order valence-corrected chi connectivity index (χ0v) is 15.4. The number of hydrogen-bond acceptors (Lipinski definition) is 2. The Kier molecular flexibility index (Phi) is 4.57. The average Bonchev–Trinajstić information content (AvgIpc) is 2.72. The second-order valence-electron chi connectivity index (χ2n) is 6.81. The van der Waals surface area contributed by atoms with Crippen molar-refractivity contribution in [2.75, 3.05) is 6.54 Å². The van der Waals surface area contributed by atoms with Crippen LogP contribution < -0.4 is 5.56 Å². The number of hydrogen-bond donors (Lipinski definition) is 0. The maximum absolute atomic E-state index is 13.5. The number of benzene rings is 2. The molecule has 27 heavy (non-hydrogen) atoms. The van der Waals surface area contributed by atoms with E-state index in [1.54, 1.807) is 0 Å². The summed E-state index contributed by atoms with van der Waals surface area (Å²) in [5.74, 6) is 3.63. The molecule has 4 heteroatoms. The number of fused-ring (bicyclic) bond motifs is 1. The summed E-state index contributed by atoms with van der Waals surface area (Å²) < 4.78 is 3.82. The molecule has 2 heterocycles. The highest BCUT2D eigenvalue weighted by molar-refractivity contribution is 5.40. The van der Waals surface area contributed by atoms with E-state index >= 15 is 0 Å². The molecule has 1 aliphatic heterocycles. The lowest BCUT2D eigenvalue weighted by Gasteiger charge is -2.25. The van der Waals surface area contributed by atoms with Gasteiger partial charge in [0.1, 0.15) is 11.5 Å². The van der Waals surface area contributed by atoms with Gasteiger partial charge < -0.3 is 0 Å². The molecule has 0 N–H and O–H groups in total. The van der Waals surface area contributed by atoms with Gasteiger partial charge in [-0.3, -0.25) is 9.36 Å². The second kappa shape index (κ2) is 7.18. The molecule has 1 aliphatic rings. The summed E-state index contributed by atoms with van der Waals surface area (Å²) in [6.45, 7) is 6.97. The van der Waals surface area contributed by atoms with Crippen LogP contribution in [0.1, 0.15) is 34.3 Å². The normalized spacial score (nSPS) is 13.3. The van der Waals surface area contributed by atoms with Gasteiger partial charge in [0.15, 0.2) is 19.0 Å². The highest BCUT2D eigenvalue weighted by Gasteiger charge is 2.27. The second-order valence-corrected chi connectivity index (χ2v) is 6.81. The maximum Gasteiger partial charge on any atom is 0.258 e. The molecule has 0 amide bonds. The smallest absolute Gasteiger partial charge is 0.258 e. The highest BCUT2D eigenvalue weighted by Crippen LogP contribution is 2.27. The fraction of sp³-hybridized carbons (Fsp3) is 0.217. The fourth-order valence-corrected chi connectivity index (χ4v) is 3.82. The zero-order valence-electron chi connectivity index (χ0n) is 15.4. The van der Waals surface area contributed by atoms with E-state index < -0.39 is 0 Å². The van der Waals surface area contributed by atoms with Gasteiger partial charge in [0.25, 0.3) is 5.56 Å². The molecule has 0 fully saturated rings. The molecular formula is C23H22N3O+. The first kappa shape index (κ1) is 17.2. The van der Waals surface area contributed by atoms with Crippen LogP contribution in [0.5, 0.6) is 0 Å². The monoisotopic (exact) mass is 356 g/mol. The Morgan fingerprint density at radius 2 is 1.67 bits per heavy atom. The van der Waals surface area contributed by atoms with Crippen molar-refractivity contribution in [3.8, 4) is 0 Å². The molecule has 3 aromatic rings. The molecule has 1 aromatic heterocycles. The number of aromatic nitrogens is 2. The van der Waals surface area contributed by atoms with Gasteiger partial charge >= 0.3 is 0 Å². The molecule has 4 nitrogen and oxygen atoms in total. The van der Waals surface area contributed by atoms with Gasteiger partial charge in [-0.2, -0.15) is 4.58 Å². The van der Waals surface area contributed by atoms with Crippen molar-refractivity contribution in [3.63, 3.8) is 0 Å². The summed E-state index contributed by atoms with van der Waals surface area (Å²) in [7, 11) is 0. The van der Waals surface area contributed by atoms with E-state index in [-0.39, 0.29) is 11.6 Å². The van der Waals surface area contributed by atoms with Crippen molar-refractivity contribution in [2.24, 2.45) is 0 Å². The first-order valence-corrected chi connectivity index (χ1v) is 9.17. The summed E-state index contributed by atoms with van der Waals surface area (Å²) in [6.07, 6.45) is 0.667. The third-order valence-corrected chi connectivity index (χ3v) is 5.16.